The van der Waals surface area contributed by atoms with Gasteiger partial charge >= 0.3 is 0 Å². The van der Waals surface area contributed by atoms with E-state index in [0.717, 1.165) is 13.2 Å². The summed E-state index contributed by atoms with van der Waals surface area (Å²) in [6.45, 7) is 3.50. The second kappa shape index (κ2) is 6.02. The van der Waals surface area contributed by atoms with Gasteiger partial charge in [0, 0.05) is 13.2 Å². The Morgan fingerprint density at radius 1 is 1.14 bits per heavy atom. The van der Waals surface area contributed by atoms with E-state index in [0.29, 0.717) is 0 Å². The standard InChI is InChI=1S/C4H8O.CH3B/c1-2-4-5-3-1;1-2/h1-4H2;1H3. The van der Waals surface area contributed by atoms with E-state index in [1.165, 1.54) is 19.7 Å². The van der Waals surface area contributed by atoms with Gasteiger partial charge in [-0.25, -0.2) is 0 Å². The molecule has 1 nitrogen and oxygen atoms in total. The van der Waals surface area contributed by atoms with Crippen molar-refractivity contribution in [3.8, 4) is 0 Å². The van der Waals surface area contributed by atoms with Gasteiger partial charge in [0.15, 0.2) is 0 Å². The predicted molar refractivity (Wildman–Crippen MR) is 31.7 cm³/mol. The first kappa shape index (κ1) is 7.02. The van der Waals surface area contributed by atoms with Crippen LogP contribution in [0.1, 0.15) is 12.8 Å². The first-order valence-electron chi connectivity index (χ1n) is 2.65. The minimum Gasteiger partial charge on any atom is -0.381 e. The van der Waals surface area contributed by atoms with Crippen molar-refractivity contribution in [1.29, 1.82) is 0 Å². The Morgan fingerprint density at radius 2 is 1.57 bits per heavy atom. The molecule has 7 heavy (non-hydrogen) atoms. The van der Waals surface area contributed by atoms with Gasteiger partial charge in [-0.2, -0.15) is 0 Å². The van der Waals surface area contributed by atoms with Crippen molar-refractivity contribution in [2.75, 3.05) is 13.2 Å². The van der Waals surface area contributed by atoms with Gasteiger partial charge in [-0.3, -0.25) is 0 Å². The number of ether oxygens (including phenoxy) is 1. The fourth-order valence-corrected chi connectivity index (χ4v) is 0.510. The SMILES string of the molecule is C1CCOC1.[B]C. The molecular weight excluding hydrogens is 86.9 g/mol. The number of hydrogen-bond acceptors (Lipinski definition) is 1. The smallest absolute Gasteiger partial charge is 0.0606 e. The van der Waals surface area contributed by atoms with Crippen LogP contribution in [0, 0.1) is 0 Å². The van der Waals surface area contributed by atoms with E-state index in [4.69, 9.17) is 4.74 Å². The lowest BCUT2D eigenvalue weighted by atomic mass is 10.2. The molecule has 2 heteroatoms. The molecule has 1 heterocycles. The highest BCUT2D eigenvalue weighted by molar-refractivity contribution is 6.05. The van der Waals surface area contributed by atoms with E-state index in [9.17, 15) is 0 Å². The molecule has 0 unspecified atom stereocenters. The highest BCUT2D eigenvalue weighted by Gasteiger charge is 1.94. The van der Waals surface area contributed by atoms with Gasteiger partial charge < -0.3 is 4.74 Å². The molecule has 0 saturated carbocycles. The average molecular weight is 98.0 g/mol. The molecular formula is C5H11BO. The summed E-state index contributed by atoms with van der Waals surface area (Å²) in [5.41, 5.74) is 0. The van der Waals surface area contributed by atoms with Crippen molar-refractivity contribution < 1.29 is 4.74 Å². The molecule has 0 aromatic rings. The predicted octanol–water partition coefficient (Wildman–Crippen LogP) is 1.000. The van der Waals surface area contributed by atoms with E-state index < -0.39 is 0 Å². The minimum atomic E-state index is 1.00. The number of rotatable bonds is 0. The molecule has 40 valence electrons. The lowest BCUT2D eigenvalue weighted by Crippen LogP contribution is -1.74. The van der Waals surface area contributed by atoms with Crippen LogP contribution in [0.25, 0.3) is 0 Å². The Kier molecular flexibility index (Phi) is 6.05. The molecule has 0 bridgehead atoms. The molecule has 1 fully saturated rings. The largest absolute Gasteiger partial charge is 0.381 e. The molecule has 0 spiro atoms. The Morgan fingerprint density at radius 3 is 1.71 bits per heavy atom. The van der Waals surface area contributed by atoms with Gasteiger partial charge in [0.25, 0.3) is 0 Å². The monoisotopic (exact) mass is 98.1 g/mol. The number of hydrogen-bond donors (Lipinski definition) is 0. The van der Waals surface area contributed by atoms with Gasteiger partial charge in [0.2, 0.25) is 0 Å². The maximum atomic E-state index is 4.94. The Balaban J connectivity index is 0.000000162. The molecule has 0 aromatic heterocycles. The molecule has 1 aliphatic rings. The van der Waals surface area contributed by atoms with Gasteiger partial charge in [-0.1, -0.05) is 6.82 Å². The van der Waals surface area contributed by atoms with E-state index >= 15 is 0 Å². The summed E-state index contributed by atoms with van der Waals surface area (Å²) in [4.78, 5) is 0. The molecule has 0 aromatic carbocycles. The van der Waals surface area contributed by atoms with Crippen LogP contribution in [0.2, 0.25) is 6.82 Å². The first-order chi connectivity index (χ1) is 3.50. The third-order valence-electron chi connectivity index (χ3n) is 0.827. The van der Waals surface area contributed by atoms with E-state index in [1.807, 2.05) is 0 Å². The highest BCUT2D eigenvalue weighted by Crippen LogP contribution is 1.98. The zero-order chi connectivity index (χ0) is 5.54. The quantitative estimate of drug-likeness (QED) is 0.410. The van der Waals surface area contributed by atoms with Crippen molar-refractivity contribution in [2.45, 2.75) is 19.7 Å². The average Bonchev–Trinajstić information content (AvgIpc) is 2.23. The maximum Gasteiger partial charge on any atom is 0.0606 e. The van der Waals surface area contributed by atoms with E-state index in [-0.39, 0.29) is 0 Å². The fourth-order valence-electron chi connectivity index (χ4n) is 0.510. The second-order valence-corrected chi connectivity index (χ2v) is 1.32. The lowest BCUT2D eigenvalue weighted by molar-refractivity contribution is 0.198. The molecule has 0 N–H and O–H groups in total. The third kappa shape index (κ3) is 3.87. The van der Waals surface area contributed by atoms with Crippen molar-refractivity contribution in [2.24, 2.45) is 0 Å². The molecule has 1 saturated heterocycles. The van der Waals surface area contributed by atoms with Crippen LogP contribution >= 0.6 is 0 Å². The highest BCUT2D eigenvalue weighted by atomic mass is 16.5. The summed E-state index contributed by atoms with van der Waals surface area (Å²) in [5.74, 6) is 0. The summed E-state index contributed by atoms with van der Waals surface area (Å²) in [6, 6.07) is 0. The van der Waals surface area contributed by atoms with Crippen LogP contribution in [0.5, 0.6) is 0 Å². The summed E-state index contributed by atoms with van der Waals surface area (Å²) in [7, 11) is 4.50. The summed E-state index contributed by atoms with van der Waals surface area (Å²) in [5, 5.41) is 0. The summed E-state index contributed by atoms with van der Waals surface area (Å²) in [6.07, 6.45) is 2.56. The molecule has 0 amide bonds. The lowest BCUT2D eigenvalue weighted by Gasteiger charge is -1.76. The van der Waals surface area contributed by atoms with Crippen LogP contribution in [0.3, 0.4) is 0 Å². The van der Waals surface area contributed by atoms with Gasteiger partial charge in [-0.15, -0.1) is 0 Å². The van der Waals surface area contributed by atoms with Gasteiger partial charge in [-0.05, 0) is 12.8 Å². The van der Waals surface area contributed by atoms with Gasteiger partial charge in [0.05, 0.1) is 7.85 Å². The van der Waals surface area contributed by atoms with Gasteiger partial charge in [0.1, 0.15) is 0 Å². The van der Waals surface area contributed by atoms with Crippen LogP contribution in [-0.2, 0) is 4.74 Å². The van der Waals surface area contributed by atoms with Crippen LogP contribution in [0.15, 0.2) is 0 Å². The zero-order valence-electron chi connectivity index (χ0n) is 4.81. The first-order valence-corrected chi connectivity index (χ1v) is 2.65. The Hall–Kier alpha value is 0.0249. The van der Waals surface area contributed by atoms with E-state index in [1.54, 1.807) is 0 Å². The van der Waals surface area contributed by atoms with Crippen LogP contribution in [0.4, 0.5) is 0 Å². The van der Waals surface area contributed by atoms with Crippen molar-refractivity contribution in [3.63, 3.8) is 0 Å². The minimum absolute atomic E-state index is 1.00. The van der Waals surface area contributed by atoms with E-state index in [2.05, 4.69) is 7.85 Å². The molecule has 1 aliphatic heterocycles. The molecule has 0 atom stereocenters. The topological polar surface area (TPSA) is 9.23 Å². The van der Waals surface area contributed by atoms with Crippen molar-refractivity contribution in [3.05, 3.63) is 0 Å². The van der Waals surface area contributed by atoms with Crippen molar-refractivity contribution in [1.82, 2.24) is 0 Å². The Labute approximate surface area is 46.5 Å². The molecule has 2 radical (unpaired) electrons. The normalized spacial score (nSPS) is 17.9. The fraction of sp³-hybridized carbons (Fsp3) is 1.00. The zero-order valence-corrected chi connectivity index (χ0v) is 4.81. The van der Waals surface area contributed by atoms with Crippen LogP contribution in [-0.4, -0.2) is 21.1 Å². The summed E-state index contributed by atoms with van der Waals surface area (Å²) >= 11 is 0. The molecule has 1 rings (SSSR count). The van der Waals surface area contributed by atoms with Crippen molar-refractivity contribution >= 4 is 7.85 Å². The molecule has 0 aliphatic carbocycles. The van der Waals surface area contributed by atoms with Crippen LogP contribution < -0.4 is 0 Å². The third-order valence-corrected chi connectivity index (χ3v) is 0.827. The maximum absolute atomic E-state index is 4.94. The summed E-state index contributed by atoms with van der Waals surface area (Å²) < 4.78 is 4.94. The second-order valence-electron chi connectivity index (χ2n) is 1.32. The Bertz CT molecular complexity index is 19.7.